The molecule has 32 heavy (non-hydrogen) atoms. The van der Waals surface area contributed by atoms with Gasteiger partial charge < -0.3 is 19.7 Å². The van der Waals surface area contributed by atoms with Crippen LogP contribution in [0.5, 0.6) is 0 Å². The van der Waals surface area contributed by atoms with Crippen LogP contribution in [0.1, 0.15) is 34.6 Å². The molecule has 2 aliphatic heterocycles. The summed E-state index contributed by atoms with van der Waals surface area (Å²) in [6.45, 7) is 10.5. The lowest BCUT2D eigenvalue weighted by Crippen LogP contribution is -2.50. The molecule has 0 saturated carbocycles. The molecule has 0 radical (unpaired) electrons. The van der Waals surface area contributed by atoms with Crippen LogP contribution in [0, 0.1) is 0 Å². The average Bonchev–Trinajstić information content (AvgIpc) is 2.84. The zero-order chi connectivity index (χ0) is 22.7. The maximum absolute atomic E-state index is 13.0. The smallest absolute Gasteiger partial charge is 0.255 e. The van der Waals surface area contributed by atoms with Gasteiger partial charge in [0.1, 0.15) is 0 Å². The first-order valence-corrected chi connectivity index (χ1v) is 11.3. The van der Waals surface area contributed by atoms with Crippen molar-refractivity contribution < 1.29 is 9.59 Å². The van der Waals surface area contributed by atoms with E-state index in [0.29, 0.717) is 43.3 Å². The van der Waals surface area contributed by atoms with Crippen LogP contribution in [-0.2, 0) is 0 Å². The molecule has 8 nitrogen and oxygen atoms in total. The van der Waals surface area contributed by atoms with Crippen LogP contribution in [0.25, 0.3) is 0 Å². The van der Waals surface area contributed by atoms with E-state index < -0.39 is 0 Å². The SMILES string of the molecule is CC(C)N1CCN(c2ccc(C(=O)N3CCN(C(=O)c4ccc(=O)[nH]c4)CC3)cc2)CC1. The largest absolute Gasteiger partial charge is 0.369 e. The first kappa shape index (κ1) is 22.1. The van der Waals surface area contributed by atoms with Gasteiger partial charge in [-0.1, -0.05) is 0 Å². The first-order chi connectivity index (χ1) is 15.4. The van der Waals surface area contributed by atoms with Crippen molar-refractivity contribution in [3.05, 3.63) is 64.1 Å². The van der Waals surface area contributed by atoms with Gasteiger partial charge in [-0.05, 0) is 44.2 Å². The van der Waals surface area contributed by atoms with Gasteiger partial charge in [0, 0.05) is 81.9 Å². The van der Waals surface area contributed by atoms with Crippen LogP contribution in [0.3, 0.4) is 0 Å². The number of pyridine rings is 1. The second-order valence-electron chi connectivity index (χ2n) is 8.69. The van der Waals surface area contributed by atoms with E-state index in [0.717, 1.165) is 31.9 Å². The highest BCUT2D eigenvalue weighted by atomic mass is 16.2. The number of amides is 2. The summed E-state index contributed by atoms with van der Waals surface area (Å²) in [5, 5.41) is 0. The highest BCUT2D eigenvalue weighted by molar-refractivity contribution is 5.96. The van der Waals surface area contributed by atoms with Gasteiger partial charge in [-0.3, -0.25) is 19.3 Å². The predicted molar refractivity (Wildman–Crippen MR) is 124 cm³/mol. The van der Waals surface area contributed by atoms with E-state index in [2.05, 4.69) is 28.6 Å². The van der Waals surface area contributed by atoms with Gasteiger partial charge in [-0.15, -0.1) is 0 Å². The highest BCUT2D eigenvalue weighted by Crippen LogP contribution is 2.19. The lowest BCUT2D eigenvalue weighted by atomic mass is 10.1. The number of benzene rings is 1. The molecule has 2 saturated heterocycles. The van der Waals surface area contributed by atoms with E-state index in [4.69, 9.17) is 0 Å². The topological polar surface area (TPSA) is 80.0 Å². The van der Waals surface area contributed by atoms with Gasteiger partial charge in [0.25, 0.3) is 11.8 Å². The molecule has 1 aromatic heterocycles. The molecule has 0 spiro atoms. The number of piperazine rings is 2. The molecule has 4 rings (SSSR count). The lowest BCUT2D eigenvalue weighted by Gasteiger charge is -2.38. The van der Waals surface area contributed by atoms with Crippen molar-refractivity contribution in [2.75, 3.05) is 57.3 Å². The molecule has 2 amide bonds. The van der Waals surface area contributed by atoms with E-state index in [1.165, 1.54) is 18.3 Å². The number of carbonyl (C=O) groups is 2. The third-order valence-electron chi connectivity index (χ3n) is 6.41. The third-order valence-corrected chi connectivity index (χ3v) is 6.41. The molecule has 2 aromatic rings. The van der Waals surface area contributed by atoms with E-state index >= 15 is 0 Å². The predicted octanol–water partition coefficient (Wildman–Crippen LogP) is 1.50. The number of aromatic nitrogens is 1. The first-order valence-electron chi connectivity index (χ1n) is 11.3. The van der Waals surface area contributed by atoms with Gasteiger partial charge in [0.15, 0.2) is 0 Å². The van der Waals surface area contributed by atoms with Crippen molar-refractivity contribution in [3.63, 3.8) is 0 Å². The Bertz CT molecular complexity index is 981. The van der Waals surface area contributed by atoms with Crippen molar-refractivity contribution in [1.29, 1.82) is 0 Å². The van der Waals surface area contributed by atoms with Crippen molar-refractivity contribution in [3.8, 4) is 0 Å². The minimum atomic E-state index is -0.235. The molecule has 2 fully saturated rings. The van der Waals surface area contributed by atoms with Gasteiger partial charge in [-0.2, -0.15) is 0 Å². The normalized spacial score (nSPS) is 17.7. The molecule has 170 valence electrons. The Balaban J connectivity index is 1.31. The second-order valence-corrected chi connectivity index (χ2v) is 8.69. The molecule has 0 bridgehead atoms. The Hall–Kier alpha value is -3.13. The quantitative estimate of drug-likeness (QED) is 0.784. The summed E-state index contributed by atoms with van der Waals surface area (Å²) in [5.41, 5.74) is 2.05. The molecular weight excluding hydrogens is 406 g/mol. The molecule has 2 aliphatic rings. The fourth-order valence-corrected chi connectivity index (χ4v) is 4.33. The molecule has 0 atom stereocenters. The summed E-state index contributed by atoms with van der Waals surface area (Å²) in [6, 6.07) is 11.3. The molecule has 0 unspecified atom stereocenters. The number of aromatic amines is 1. The highest BCUT2D eigenvalue weighted by Gasteiger charge is 2.26. The number of rotatable bonds is 4. The number of hydrogen-bond donors (Lipinski definition) is 1. The van der Waals surface area contributed by atoms with Crippen LogP contribution >= 0.6 is 0 Å². The fraction of sp³-hybridized carbons (Fsp3) is 0.458. The van der Waals surface area contributed by atoms with Crippen molar-refractivity contribution in [1.82, 2.24) is 19.7 Å². The van der Waals surface area contributed by atoms with Crippen molar-refractivity contribution in [2.45, 2.75) is 19.9 Å². The van der Waals surface area contributed by atoms with E-state index in [9.17, 15) is 14.4 Å². The third kappa shape index (κ3) is 4.85. The van der Waals surface area contributed by atoms with E-state index in [1.807, 2.05) is 24.3 Å². The van der Waals surface area contributed by atoms with Gasteiger partial charge >= 0.3 is 0 Å². The number of H-pyrrole nitrogens is 1. The lowest BCUT2D eigenvalue weighted by molar-refractivity contribution is 0.0535. The summed E-state index contributed by atoms with van der Waals surface area (Å²) >= 11 is 0. The van der Waals surface area contributed by atoms with Crippen LogP contribution in [0.2, 0.25) is 0 Å². The molecule has 3 heterocycles. The minimum absolute atomic E-state index is 0.00248. The fourth-order valence-electron chi connectivity index (χ4n) is 4.33. The Kier molecular flexibility index (Phi) is 6.60. The maximum Gasteiger partial charge on any atom is 0.255 e. The molecule has 0 aliphatic carbocycles. The average molecular weight is 438 g/mol. The Morgan fingerprint density at radius 1 is 0.750 bits per heavy atom. The van der Waals surface area contributed by atoms with Crippen LogP contribution < -0.4 is 10.5 Å². The molecule has 8 heteroatoms. The monoisotopic (exact) mass is 437 g/mol. The van der Waals surface area contributed by atoms with Gasteiger partial charge in [0.2, 0.25) is 5.56 Å². The number of anilines is 1. The number of nitrogens with zero attached hydrogens (tertiary/aromatic N) is 4. The zero-order valence-electron chi connectivity index (χ0n) is 18.8. The second kappa shape index (κ2) is 9.56. The standard InChI is InChI=1S/C24H31N5O3/c1-18(2)26-9-11-27(12-10-26)21-6-3-19(4-7-21)23(31)28-13-15-29(16-14-28)24(32)20-5-8-22(30)25-17-20/h3-8,17-18H,9-16H2,1-2H3,(H,25,30). The molecule has 1 N–H and O–H groups in total. The van der Waals surface area contributed by atoms with Crippen molar-refractivity contribution >= 4 is 17.5 Å². The Morgan fingerprint density at radius 3 is 1.78 bits per heavy atom. The van der Waals surface area contributed by atoms with Gasteiger partial charge in [-0.25, -0.2) is 0 Å². The Morgan fingerprint density at radius 2 is 1.28 bits per heavy atom. The molecule has 1 aromatic carbocycles. The van der Waals surface area contributed by atoms with E-state index in [-0.39, 0.29) is 17.4 Å². The van der Waals surface area contributed by atoms with Crippen LogP contribution in [0.4, 0.5) is 5.69 Å². The van der Waals surface area contributed by atoms with Gasteiger partial charge in [0.05, 0.1) is 5.56 Å². The summed E-state index contributed by atoms with van der Waals surface area (Å²) in [6.07, 6.45) is 1.44. The summed E-state index contributed by atoms with van der Waals surface area (Å²) in [7, 11) is 0. The van der Waals surface area contributed by atoms with Crippen LogP contribution in [0.15, 0.2) is 47.4 Å². The summed E-state index contributed by atoms with van der Waals surface area (Å²) in [4.78, 5) is 47.6. The number of carbonyl (C=O) groups excluding carboxylic acids is 2. The van der Waals surface area contributed by atoms with Crippen LogP contribution in [-0.4, -0.2) is 89.9 Å². The number of hydrogen-bond acceptors (Lipinski definition) is 5. The summed E-state index contributed by atoms with van der Waals surface area (Å²) < 4.78 is 0. The zero-order valence-corrected chi connectivity index (χ0v) is 18.8. The van der Waals surface area contributed by atoms with Crippen molar-refractivity contribution in [2.24, 2.45) is 0 Å². The molecular formula is C24H31N5O3. The summed E-state index contributed by atoms with van der Waals surface area (Å²) in [5.74, 6) is -0.132. The Labute approximate surface area is 188 Å². The number of nitrogens with one attached hydrogen (secondary N) is 1. The van der Waals surface area contributed by atoms with E-state index in [1.54, 1.807) is 9.80 Å². The maximum atomic E-state index is 13.0. The minimum Gasteiger partial charge on any atom is -0.369 e.